The summed E-state index contributed by atoms with van der Waals surface area (Å²) in [5, 5.41) is 3.29. The monoisotopic (exact) mass is 230 g/mol. The van der Waals surface area contributed by atoms with Gasteiger partial charge < -0.3 is 10.1 Å². The van der Waals surface area contributed by atoms with Crippen molar-refractivity contribution in [2.24, 2.45) is 0 Å². The fourth-order valence-corrected chi connectivity index (χ4v) is 2.09. The molecule has 1 aliphatic rings. The molecule has 1 amide bonds. The van der Waals surface area contributed by atoms with Gasteiger partial charge in [-0.05, 0) is 25.8 Å². The molecule has 1 fully saturated rings. The Balaban J connectivity index is 2.36. The Labute approximate surface area is 96.8 Å². The number of carbonyl (C=O) groups is 1. The van der Waals surface area contributed by atoms with Crippen molar-refractivity contribution in [3.05, 3.63) is 0 Å². The summed E-state index contributed by atoms with van der Waals surface area (Å²) in [7, 11) is 1.60. The zero-order chi connectivity index (χ0) is 11.9. The summed E-state index contributed by atoms with van der Waals surface area (Å²) >= 11 is 0. The quantitative estimate of drug-likeness (QED) is 0.497. The van der Waals surface area contributed by atoms with Crippen LogP contribution >= 0.6 is 0 Å². The smallest absolute Gasteiger partial charge is 0.263 e. The van der Waals surface area contributed by atoms with E-state index in [1.807, 2.05) is 0 Å². The average Bonchev–Trinajstić information content (AvgIpc) is 2.74. The molecule has 5 nitrogen and oxygen atoms in total. The topological polar surface area (TPSA) is 59.6 Å². The predicted molar refractivity (Wildman–Crippen MR) is 60.8 cm³/mol. The number of methoxy groups -OCH3 is 1. The highest BCUT2D eigenvalue weighted by molar-refractivity contribution is 5.85. The van der Waals surface area contributed by atoms with Gasteiger partial charge in [-0.2, -0.15) is 0 Å². The molecule has 16 heavy (non-hydrogen) atoms. The first-order chi connectivity index (χ1) is 7.75. The molecule has 1 atom stereocenters. The maximum Gasteiger partial charge on any atom is 0.263 e. The molecule has 94 valence electrons. The van der Waals surface area contributed by atoms with Crippen LogP contribution < -0.4 is 10.8 Å². The van der Waals surface area contributed by atoms with Gasteiger partial charge in [-0.25, -0.2) is 5.48 Å². The van der Waals surface area contributed by atoms with Crippen molar-refractivity contribution in [2.45, 2.75) is 38.1 Å². The molecule has 1 heterocycles. The second kappa shape index (κ2) is 6.83. The summed E-state index contributed by atoms with van der Waals surface area (Å²) in [5.41, 5.74) is 2.09. The summed E-state index contributed by atoms with van der Waals surface area (Å²) in [4.78, 5) is 17.0. The van der Waals surface area contributed by atoms with E-state index in [2.05, 4.69) is 17.7 Å². The molecule has 1 aliphatic heterocycles. The largest absolute Gasteiger partial charge is 0.382 e. The van der Waals surface area contributed by atoms with E-state index in [9.17, 15) is 4.79 Å². The molecule has 0 saturated carbocycles. The van der Waals surface area contributed by atoms with Crippen molar-refractivity contribution in [1.29, 1.82) is 0 Å². The van der Waals surface area contributed by atoms with Crippen LogP contribution in [0.1, 0.15) is 32.6 Å². The molecule has 0 spiro atoms. The van der Waals surface area contributed by atoms with Crippen LogP contribution in [-0.4, -0.2) is 38.3 Å². The van der Waals surface area contributed by atoms with Crippen LogP contribution in [0.3, 0.4) is 0 Å². The average molecular weight is 230 g/mol. The summed E-state index contributed by atoms with van der Waals surface area (Å²) in [6.45, 7) is 3.85. The van der Waals surface area contributed by atoms with Crippen LogP contribution in [-0.2, 0) is 14.4 Å². The van der Waals surface area contributed by atoms with Crippen molar-refractivity contribution in [3.8, 4) is 0 Å². The van der Waals surface area contributed by atoms with Gasteiger partial charge in [0.05, 0.1) is 13.2 Å². The van der Waals surface area contributed by atoms with Gasteiger partial charge in [0, 0.05) is 7.11 Å². The number of hydroxylamine groups is 1. The Kier molecular flexibility index (Phi) is 5.73. The standard InChI is InChI=1S/C11H22N2O3/c1-3-5-11(6-4-7-12-11)10(14)13-16-9-8-15-2/h12H,3-9H2,1-2H3,(H,13,14). The van der Waals surface area contributed by atoms with E-state index in [-0.39, 0.29) is 5.91 Å². The number of ether oxygens (including phenoxy) is 1. The molecule has 0 aromatic carbocycles. The number of rotatable bonds is 7. The molecule has 0 aliphatic carbocycles. The fourth-order valence-electron chi connectivity index (χ4n) is 2.09. The minimum Gasteiger partial charge on any atom is -0.382 e. The zero-order valence-electron chi connectivity index (χ0n) is 10.2. The first-order valence-electron chi connectivity index (χ1n) is 5.91. The SMILES string of the molecule is CCCC1(C(=O)NOCCOC)CCCN1. The molecule has 1 saturated heterocycles. The highest BCUT2D eigenvalue weighted by Crippen LogP contribution is 2.24. The zero-order valence-corrected chi connectivity index (χ0v) is 10.2. The lowest BCUT2D eigenvalue weighted by Crippen LogP contribution is -2.53. The number of carbonyl (C=O) groups excluding carboxylic acids is 1. The number of hydrogen-bond donors (Lipinski definition) is 2. The minimum atomic E-state index is -0.415. The lowest BCUT2D eigenvalue weighted by molar-refractivity contribution is -0.141. The van der Waals surface area contributed by atoms with Crippen LogP contribution in [0.25, 0.3) is 0 Å². The van der Waals surface area contributed by atoms with Crippen LogP contribution in [0, 0.1) is 0 Å². The van der Waals surface area contributed by atoms with Crippen LogP contribution in [0.15, 0.2) is 0 Å². The van der Waals surface area contributed by atoms with E-state index in [4.69, 9.17) is 9.57 Å². The normalized spacial score (nSPS) is 24.6. The van der Waals surface area contributed by atoms with Gasteiger partial charge in [0.25, 0.3) is 5.91 Å². The molecule has 0 bridgehead atoms. The first-order valence-corrected chi connectivity index (χ1v) is 5.91. The fraction of sp³-hybridized carbons (Fsp3) is 0.909. The summed E-state index contributed by atoms with van der Waals surface area (Å²) in [6, 6.07) is 0. The highest BCUT2D eigenvalue weighted by atomic mass is 16.7. The third-order valence-electron chi connectivity index (χ3n) is 2.91. The molecule has 0 radical (unpaired) electrons. The highest BCUT2D eigenvalue weighted by Gasteiger charge is 2.40. The maximum atomic E-state index is 12.0. The molecular formula is C11H22N2O3. The molecule has 2 N–H and O–H groups in total. The lowest BCUT2D eigenvalue weighted by atomic mass is 9.91. The summed E-state index contributed by atoms with van der Waals surface area (Å²) in [5.74, 6) is -0.0528. The Hall–Kier alpha value is -0.650. The van der Waals surface area contributed by atoms with Crippen molar-refractivity contribution in [3.63, 3.8) is 0 Å². The van der Waals surface area contributed by atoms with E-state index in [1.54, 1.807) is 7.11 Å². The molecule has 1 rings (SSSR count). The van der Waals surface area contributed by atoms with Gasteiger partial charge in [-0.3, -0.25) is 9.63 Å². The summed E-state index contributed by atoms with van der Waals surface area (Å²) in [6.07, 6.45) is 3.77. The Bertz CT molecular complexity index is 215. The number of nitrogens with one attached hydrogen (secondary N) is 2. The van der Waals surface area contributed by atoms with Gasteiger partial charge in [0.1, 0.15) is 5.54 Å². The summed E-state index contributed by atoms with van der Waals surface area (Å²) < 4.78 is 4.83. The van der Waals surface area contributed by atoms with E-state index < -0.39 is 5.54 Å². The molecule has 1 unspecified atom stereocenters. The number of amides is 1. The van der Waals surface area contributed by atoms with Gasteiger partial charge in [-0.1, -0.05) is 13.3 Å². The molecule has 0 aromatic rings. The van der Waals surface area contributed by atoms with Crippen molar-refractivity contribution in [1.82, 2.24) is 10.8 Å². The third kappa shape index (κ3) is 3.43. The Morgan fingerprint density at radius 1 is 1.50 bits per heavy atom. The van der Waals surface area contributed by atoms with E-state index in [1.165, 1.54) is 0 Å². The molecule has 5 heteroatoms. The third-order valence-corrected chi connectivity index (χ3v) is 2.91. The molecular weight excluding hydrogens is 208 g/mol. The van der Waals surface area contributed by atoms with Gasteiger partial charge in [0.2, 0.25) is 0 Å². The van der Waals surface area contributed by atoms with Crippen LogP contribution in [0.4, 0.5) is 0 Å². The molecule has 0 aromatic heterocycles. The Morgan fingerprint density at radius 3 is 2.88 bits per heavy atom. The van der Waals surface area contributed by atoms with E-state index in [0.717, 1.165) is 32.2 Å². The Morgan fingerprint density at radius 2 is 2.31 bits per heavy atom. The van der Waals surface area contributed by atoms with E-state index >= 15 is 0 Å². The van der Waals surface area contributed by atoms with Gasteiger partial charge in [-0.15, -0.1) is 0 Å². The van der Waals surface area contributed by atoms with Crippen molar-refractivity contribution >= 4 is 5.91 Å². The van der Waals surface area contributed by atoms with Crippen LogP contribution in [0.2, 0.25) is 0 Å². The van der Waals surface area contributed by atoms with E-state index in [0.29, 0.717) is 13.2 Å². The number of hydrogen-bond acceptors (Lipinski definition) is 4. The predicted octanol–water partition coefficient (Wildman–Crippen LogP) is 0.603. The van der Waals surface area contributed by atoms with Crippen molar-refractivity contribution in [2.75, 3.05) is 26.9 Å². The minimum absolute atomic E-state index is 0.0528. The van der Waals surface area contributed by atoms with Crippen molar-refractivity contribution < 1.29 is 14.4 Å². The van der Waals surface area contributed by atoms with Gasteiger partial charge >= 0.3 is 0 Å². The maximum absolute atomic E-state index is 12.0. The van der Waals surface area contributed by atoms with Gasteiger partial charge in [0.15, 0.2) is 0 Å². The lowest BCUT2D eigenvalue weighted by Gasteiger charge is -2.27. The second-order valence-electron chi connectivity index (χ2n) is 4.13. The van der Waals surface area contributed by atoms with Crippen LogP contribution in [0.5, 0.6) is 0 Å². The first kappa shape index (κ1) is 13.4. The second-order valence-corrected chi connectivity index (χ2v) is 4.13.